The van der Waals surface area contributed by atoms with Gasteiger partial charge < -0.3 is 9.64 Å². The lowest BCUT2D eigenvalue weighted by molar-refractivity contribution is -0.141. The smallest absolute Gasteiger partial charge is 0.434 e. The number of benzene rings is 1. The molecule has 0 aliphatic carbocycles. The number of hydrogen-bond acceptors (Lipinski definition) is 8. The minimum absolute atomic E-state index is 0.162. The number of ether oxygens (including phenoxy) is 1. The second-order valence-electron chi connectivity index (χ2n) is 7.40. The number of pyridine rings is 1. The van der Waals surface area contributed by atoms with E-state index in [4.69, 9.17) is 0 Å². The Labute approximate surface area is 193 Å². The Bertz CT molecular complexity index is 1240. The molecule has 1 fully saturated rings. The molecule has 0 bridgehead atoms. The van der Waals surface area contributed by atoms with Gasteiger partial charge in [-0.2, -0.15) is 18.4 Å². The Balaban J connectivity index is 1.76. The number of nitrogens with zero attached hydrogens (tertiary/aromatic N) is 3. The first-order chi connectivity index (χ1) is 15.9. The van der Waals surface area contributed by atoms with Gasteiger partial charge in [0.05, 0.1) is 29.4 Å². The summed E-state index contributed by atoms with van der Waals surface area (Å²) >= 11 is 0. The Hall–Kier alpha value is -3.66. The lowest BCUT2D eigenvalue weighted by Gasteiger charge is -2.39. The van der Waals surface area contributed by atoms with Crippen molar-refractivity contribution in [1.82, 2.24) is 9.71 Å². The van der Waals surface area contributed by atoms with E-state index >= 15 is 0 Å². The number of aromatic nitrogens is 1. The number of nitrogens with one attached hydrogen (secondary N) is 1. The standard InChI is InChI=1S/C21H19F3N4O5S/c1-2-33-20(30)16-8-14(9-25)18(26-17(16)21(22,23)24)28-10-15(11-28)19(29)27-34(31,32)12-13-6-4-3-5-7-13/h3-8,15H,2,10-12H2,1H3,(H,27,29). The number of anilines is 1. The summed E-state index contributed by atoms with van der Waals surface area (Å²) in [6.45, 7) is 0.925. The van der Waals surface area contributed by atoms with Crippen LogP contribution in [-0.4, -0.2) is 45.0 Å². The van der Waals surface area contributed by atoms with E-state index in [1.807, 2.05) is 4.72 Å². The number of rotatable bonds is 7. The summed E-state index contributed by atoms with van der Waals surface area (Å²) in [6, 6.07) is 10.6. The van der Waals surface area contributed by atoms with Crippen LogP contribution in [0.4, 0.5) is 19.0 Å². The maximum atomic E-state index is 13.5. The van der Waals surface area contributed by atoms with E-state index in [2.05, 4.69) is 9.72 Å². The summed E-state index contributed by atoms with van der Waals surface area (Å²) in [6.07, 6.45) is -5.00. The van der Waals surface area contributed by atoms with E-state index in [9.17, 15) is 36.4 Å². The van der Waals surface area contributed by atoms with Crippen LogP contribution in [0.2, 0.25) is 0 Å². The zero-order valence-electron chi connectivity index (χ0n) is 17.8. The van der Waals surface area contributed by atoms with Crippen molar-refractivity contribution in [3.63, 3.8) is 0 Å². The molecule has 9 nitrogen and oxygen atoms in total. The SMILES string of the molecule is CCOC(=O)c1cc(C#N)c(N2CC(C(=O)NS(=O)(=O)Cc3ccccc3)C2)nc1C(F)(F)F. The Kier molecular flexibility index (Phi) is 7.11. The lowest BCUT2D eigenvalue weighted by atomic mass is 9.98. The fourth-order valence-electron chi connectivity index (χ4n) is 3.29. The fourth-order valence-corrected chi connectivity index (χ4v) is 4.47. The number of carbonyl (C=O) groups is 2. The molecule has 0 radical (unpaired) electrons. The zero-order valence-corrected chi connectivity index (χ0v) is 18.6. The first-order valence-electron chi connectivity index (χ1n) is 9.97. The quantitative estimate of drug-likeness (QED) is 0.578. The van der Waals surface area contributed by atoms with Crippen molar-refractivity contribution in [3.05, 3.63) is 58.8 Å². The van der Waals surface area contributed by atoms with Crippen LogP contribution in [-0.2, 0) is 31.5 Å². The van der Waals surface area contributed by atoms with Gasteiger partial charge in [0.15, 0.2) is 5.69 Å². The number of sulfonamides is 1. The van der Waals surface area contributed by atoms with Gasteiger partial charge in [-0.3, -0.25) is 9.52 Å². The summed E-state index contributed by atoms with van der Waals surface area (Å²) < 4.78 is 71.6. The van der Waals surface area contributed by atoms with E-state index in [0.29, 0.717) is 5.56 Å². The van der Waals surface area contributed by atoms with E-state index in [-0.39, 0.29) is 31.1 Å². The van der Waals surface area contributed by atoms with Gasteiger partial charge >= 0.3 is 12.1 Å². The molecular weight excluding hydrogens is 477 g/mol. The maximum absolute atomic E-state index is 13.5. The highest BCUT2D eigenvalue weighted by molar-refractivity contribution is 7.89. The molecule has 2 aromatic rings. The number of amides is 1. The van der Waals surface area contributed by atoms with Crippen LogP contribution in [0, 0.1) is 17.2 Å². The molecule has 13 heteroatoms. The van der Waals surface area contributed by atoms with Crippen molar-refractivity contribution < 1.29 is 35.9 Å². The van der Waals surface area contributed by atoms with Crippen LogP contribution in [0.5, 0.6) is 0 Å². The molecule has 1 aliphatic rings. The monoisotopic (exact) mass is 496 g/mol. The predicted molar refractivity (Wildman–Crippen MR) is 113 cm³/mol. The average molecular weight is 496 g/mol. The van der Waals surface area contributed by atoms with E-state index in [1.54, 1.807) is 36.4 Å². The third-order valence-corrected chi connectivity index (χ3v) is 6.12. The van der Waals surface area contributed by atoms with Gasteiger partial charge in [0, 0.05) is 13.1 Å². The minimum Gasteiger partial charge on any atom is -0.462 e. The number of hydrogen-bond donors (Lipinski definition) is 1. The molecule has 0 unspecified atom stereocenters. The van der Waals surface area contributed by atoms with Crippen LogP contribution in [0.25, 0.3) is 0 Å². The zero-order chi connectivity index (χ0) is 25.1. The van der Waals surface area contributed by atoms with Gasteiger partial charge in [-0.05, 0) is 18.6 Å². The van der Waals surface area contributed by atoms with Gasteiger partial charge in [-0.1, -0.05) is 30.3 Å². The van der Waals surface area contributed by atoms with Crippen molar-refractivity contribution in [3.8, 4) is 6.07 Å². The maximum Gasteiger partial charge on any atom is 0.434 e. The number of nitriles is 1. The van der Waals surface area contributed by atoms with E-state index in [0.717, 1.165) is 6.07 Å². The van der Waals surface area contributed by atoms with Gasteiger partial charge in [-0.25, -0.2) is 18.2 Å². The van der Waals surface area contributed by atoms with Crippen LogP contribution < -0.4 is 9.62 Å². The molecule has 1 saturated heterocycles. The summed E-state index contributed by atoms with van der Waals surface area (Å²) in [5.74, 6) is -3.71. The lowest BCUT2D eigenvalue weighted by Crippen LogP contribution is -2.55. The fraction of sp³-hybridized carbons (Fsp3) is 0.333. The highest BCUT2D eigenvalue weighted by atomic mass is 32.2. The minimum atomic E-state index is -5.00. The molecule has 1 aliphatic heterocycles. The van der Waals surface area contributed by atoms with Gasteiger partial charge in [0.25, 0.3) is 0 Å². The summed E-state index contributed by atoms with van der Waals surface area (Å²) in [5.41, 5.74) is -2.25. The molecule has 34 heavy (non-hydrogen) atoms. The number of halogens is 3. The highest BCUT2D eigenvalue weighted by Crippen LogP contribution is 2.35. The Morgan fingerprint density at radius 3 is 2.47 bits per heavy atom. The van der Waals surface area contributed by atoms with Crippen molar-refractivity contribution in [2.45, 2.75) is 18.9 Å². The van der Waals surface area contributed by atoms with Crippen molar-refractivity contribution in [2.75, 3.05) is 24.6 Å². The molecule has 2 heterocycles. The first kappa shape index (κ1) is 25.0. The molecule has 1 amide bonds. The summed E-state index contributed by atoms with van der Waals surface area (Å²) in [7, 11) is -3.98. The molecule has 1 aromatic carbocycles. The molecule has 1 N–H and O–H groups in total. The van der Waals surface area contributed by atoms with Gasteiger partial charge in [-0.15, -0.1) is 0 Å². The summed E-state index contributed by atoms with van der Waals surface area (Å²) in [5, 5.41) is 9.38. The van der Waals surface area contributed by atoms with Gasteiger partial charge in [0.1, 0.15) is 11.9 Å². The second kappa shape index (κ2) is 9.68. The third kappa shape index (κ3) is 5.63. The average Bonchev–Trinajstić information content (AvgIpc) is 2.71. The number of carbonyl (C=O) groups excluding carboxylic acids is 2. The molecule has 180 valence electrons. The van der Waals surface area contributed by atoms with Crippen LogP contribution in [0.15, 0.2) is 36.4 Å². The molecule has 3 rings (SSSR count). The topological polar surface area (TPSA) is 129 Å². The van der Waals surface area contributed by atoms with E-state index in [1.165, 1.54) is 11.8 Å². The first-order valence-corrected chi connectivity index (χ1v) is 11.6. The molecule has 0 saturated carbocycles. The molecule has 0 atom stereocenters. The van der Waals surface area contributed by atoms with Crippen molar-refractivity contribution in [1.29, 1.82) is 5.26 Å². The summed E-state index contributed by atoms with van der Waals surface area (Å²) in [4.78, 5) is 29.0. The van der Waals surface area contributed by atoms with Crippen LogP contribution in [0.3, 0.4) is 0 Å². The molecular formula is C21H19F3N4O5S. The number of alkyl halides is 3. The predicted octanol–water partition coefficient (Wildman–Crippen LogP) is 2.23. The van der Waals surface area contributed by atoms with Gasteiger partial charge in [0.2, 0.25) is 15.9 Å². The number of esters is 1. The molecule has 0 spiro atoms. The third-order valence-electron chi connectivity index (χ3n) is 4.89. The normalized spacial score (nSPS) is 14.1. The van der Waals surface area contributed by atoms with Crippen LogP contribution in [0.1, 0.15) is 34.1 Å². The highest BCUT2D eigenvalue weighted by Gasteiger charge is 2.42. The molecule has 1 aromatic heterocycles. The van der Waals surface area contributed by atoms with E-state index < -0.39 is 51.0 Å². The van der Waals surface area contributed by atoms with Crippen molar-refractivity contribution in [2.24, 2.45) is 5.92 Å². The van der Waals surface area contributed by atoms with Crippen LogP contribution >= 0.6 is 0 Å². The Morgan fingerprint density at radius 2 is 1.91 bits per heavy atom. The largest absolute Gasteiger partial charge is 0.462 e. The Morgan fingerprint density at radius 1 is 1.26 bits per heavy atom. The van der Waals surface area contributed by atoms with Crippen molar-refractivity contribution >= 4 is 27.7 Å². The second-order valence-corrected chi connectivity index (χ2v) is 9.12.